The lowest BCUT2D eigenvalue weighted by Crippen LogP contribution is -2.63. The average Bonchev–Trinajstić information content (AvgIpc) is 2.68. The summed E-state index contributed by atoms with van der Waals surface area (Å²) >= 11 is 0. The lowest BCUT2D eigenvalue weighted by Gasteiger charge is -2.57. The molecule has 1 aromatic carbocycles. The molecule has 1 aromatic rings. The number of benzene rings is 1. The van der Waals surface area contributed by atoms with Crippen molar-refractivity contribution in [1.82, 2.24) is 4.90 Å². The van der Waals surface area contributed by atoms with Gasteiger partial charge in [0.15, 0.2) is 0 Å². The molecule has 1 unspecified atom stereocenters. The van der Waals surface area contributed by atoms with E-state index in [1.165, 1.54) is 44.1 Å². The molecule has 4 heteroatoms. The van der Waals surface area contributed by atoms with Gasteiger partial charge in [-0.2, -0.15) is 0 Å². The maximum Gasteiger partial charge on any atom is 0.119 e. The molecule has 1 saturated heterocycles. The molecule has 4 bridgehead atoms. The van der Waals surface area contributed by atoms with E-state index in [4.69, 9.17) is 4.74 Å². The Morgan fingerprint density at radius 3 is 1.88 bits per heavy atom. The molecule has 5 fully saturated rings. The number of aliphatic hydroxyl groups excluding tert-OH is 2. The summed E-state index contributed by atoms with van der Waals surface area (Å²) in [5.41, 5.74) is 1.63. The molecule has 5 aliphatic rings. The van der Waals surface area contributed by atoms with Crippen molar-refractivity contribution < 1.29 is 14.9 Å². The Morgan fingerprint density at radius 1 is 0.875 bits per heavy atom. The van der Waals surface area contributed by atoms with E-state index < -0.39 is 6.10 Å². The number of hydrogen-bond acceptors (Lipinski definition) is 4. The molecular weight excluding hydrogens is 398 g/mol. The van der Waals surface area contributed by atoms with E-state index in [9.17, 15) is 10.2 Å². The standard InChI is InChI=1S/C28H43NO3/c1-26(2)15-23(30)16-27(3,4)29(26)17-24(31)18-32-25-7-5-22(6-8-25)28-12-19-9-20(13-28)11-21(10-19)14-28/h5-8,19-21,23-24,30-31H,9-18H2,1-4H3. The van der Waals surface area contributed by atoms with E-state index in [-0.39, 0.29) is 17.2 Å². The molecule has 0 radical (unpaired) electrons. The second-order valence-corrected chi connectivity index (χ2v) is 13.0. The van der Waals surface area contributed by atoms with Gasteiger partial charge >= 0.3 is 0 Å². The summed E-state index contributed by atoms with van der Waals surface area (Å²) < 4.78 is 6.01. The smallest absolute Gasteiger partial charge is 0.119 e. The van der Waals surface area contributed by atoms with Gasteiger partial charge in [0.1, 0.15) is 18.5 Å². The summed E-state index contributed by atoms with van der Waals surface area (Å²) in [6, 6.07) is 8.83. The number of likely N-dealkylation sites (tertiary alicyclic amines) is 1. The fourth-order valence-corrected chi connectivity index (χ4v) is 8.58. The molecule has 178 valence electrons. The molecular formula is C28H43NO3. The Labute approximate surface area is 194 Å². The summed E-state index contributed by atoms with van der Waals surface area (Å²) in [6.07, 6.45) is 9.19. The van der Waals surface area contributed by atoms with Gasteiger partial charge in [-0.25, -0.2) is 0 Å². The number of nitrogens with zero attached hydrogens (tertiary/aromatic N) is 1. The topological polar surface area (TPSA) is 52.9 Å². The van der Waals surface area contributed by atoms with Gasteiger partial charge in [-0.3, -0.25) is 4.90 Å². The minimum Gasteiger partial charge on any atom is -0.491 e. The van der Waals surface area contributed by atoms with Crippen molar-refractivity contribution in [2.75, 3.05) is 13.2 Å². The van der Waals surface area contributed by atoms with Gasteiger partial charge in [0.05, 0.1) is 6.10 Å². The number of piperidine rings is 1. The SMILES string of the molecule is CC1(C)CC(O)CC(C)(C)N1CC(O)COc1ccc(C23CC4CC(CC(C4)C2)C3)cc1. The molecule has 0 aromatic heterocycles. The molecule has 0 spiro atoms. The highest BCUT2D eigenvalue weighted by molar-refractivity contribution is 5.34. The maximum atomic E-state index is 10.8. The molecule has 0 amide bonds. The Morgan fingerprint density at radius 2 is 1.38 bits per heavy atom. The Kier molecular flexibility index (Phi) is 5.66. The van der Waals surface area contributed by atoms with Crippen LogP contribution in [0.5, 0.6) is 5.75 Å². The largest absolute Gasteiger partial charge is 0.491 e. The van der Waals surface area contributed by atoms with Gasteiger partial charge in [0.25, 0.3) is 0 Å². The Bertz CT molecular complexity index is 761. The van der Waals surface area contributed by atoms with Gasteiger partial charge in [-0.15, -0.1) is 0 Å². The van der Waals surface area contributed by atoms with Gasteiger partial charge in [0, 0.05) is 17.6 Å². The number of rotatable bonds is 6. The van der Waals surface area contributed by atoms with Crippen LogP contribution in [0.2, 0.25) is 0 Å². The highest BCUT2D eigenvalue weighted by Crippen LogP contribution is 2.60. The van der Waals surface area contributed by atoms with Gasteiger partial charge in [-0.1, -0.05) is 12.1 Å². The molecule has 1 heterocycles. The van der Waals surface area contributed by atoms with E-state index >= 15 is 0 Å². The first-order chi connectivity index (χ1) is 15.0. The van der Waals surface area contributed by atoms with E-state index in [2.05, 4.69) is 56.9 Å². The first-order valence-corrected chi connectivity index (χ1v) is 12.9. The summed E-state index contributed by atoms with van der Waals surface area (Å²) in [6.45, 7) is 9.49. The third-order valence-electron chi connectivity index (χ3n) is 9.27. The van der Waals surface area contributed by atoms with E-state index in [0.29, 0.717) is 18.6 Å². The van der Waals surface area contributed by atoms with Gasteiger partial charge in [0.2, 0.25) is 0 Å². The highest BCUT2D eigenvalue weighted by Gasteiger charge is 2.51. The second kappa shape index (κ2) is 7.99. The molecule has 1 atom stereocenters. The van der Waals surface area contributed by atoms with Crippen LogP contribution in [0, 0.1) is 17.8 Å². The second-order valence-electron chi connectivity index (χ2n) is 13.0. The molecule has 1 aliphatic heterocycles. The summed E-state index contributed by atoms with van der Waals surface area (Å²) in [4.78, 5) is 2.34. The van der Waals surface area contributed by atoms with Crippen LogP contribution in [0.3, 0.4) is 0 Å². The van der Waals surface area contributed by atoms with Gasteiger partial charge < -0.3 is 14.9 Å². The summed E-state index contributed by atoms with van der Waals surface area (Å²) in [7, 11) is 0. The van der Waals surface area contributed by atoms with E-state index in [0.717, 1.165) is 36.3 Å². The first-order valence-electron chi connectivity index (χ1n) is 12.9. The predicted octanol–water partition coefficient (Wildman–Crippen LogP) is 4.91. The Hall–Kier alpha value is -1.10. The fourth-order valence-electron chi connectivity index (χ4n) is 8.58. The number of ether oxygens (including phenoxy) is 1. The third-order valence-corrected chi connectivity index (χ3v) is 9.27. The van der Waals surface area contributed by atoms with E-state index in [1.807, 2.05) is 0 Å². The zero-order valence-corrected chi connectivity index (χ0v) is 20.5. The van der Waals surface area contributed by atoms with Crippen molar-refractivity contribution in [3.8, 4) is 5.75 Å². The van der Waals surface area contributed by atoms with Crippen LogP contribution >= 0.6 is 0 Å². The maximum absolute atomic E-state index is 10.8. The summed E-state index contributed by atoms with van der Waals surface area (Å²) in [5.74, 6) is 3.72. The summed E-state index contributed by atoms with van der Waals surface area (Å²) in [5, 5.41) is 21.0. The minimum atomic E-state index is -0.563. The van der Waals surface area contributed by atoms with Crippen molar-refractivity contribution in [2.24, 2.45) is 17.8 Å². The van der Waals surface area contributed by atoms with Crippen molar-refractivity contribution in [1.29, 1.82) is 0 Å². The molecule has 4 saturated carbocycles. The van der Waals surface area contributed by atoms with Crippen molar-refractivity contribution >= 4 is 0 Å². The third kappa shape index (κ3) is 4.23. The van der Waals surface area contributed by atoms with E-state index in [1.54, 1.807) is 0 Å². The number of β-amino-alcohol motifs (C(OH)–C–C–N with tert-alkyl or cyclic N) is 1. The predicted molar refractivity (Wildman–Crippen MR) is 128 cm³/mol. The fraction of sp³-hybridized carbons (Fsp3) is 0.786. The van der Waals surface area contributed by atoms with Gasteiger partial charge in [-0.05, 0) is 120 Å². The monoisotopic (exact) mass is 441 g/mol. The quantitative estimate of drug-likeness (QED) is 0.659. The van der Waals surface area contributed by atoms with Crippen LogP contribution in [0.25, 0.3) is 0 Å². The number of aliphatic hydroxyl groups is 2. The minimum absolute atomic E-state index is 0.151. The van der Waals surface area contributed by atoms with Crippen molar-refractivity contribution in [3.63, 3.8) is 0 Å². The lowest BCUT2D eigenvalue weighted by molar-refractivity contribution is -0.1000. The Balaban J connectivity index is 1.19. The van der Waals surface area contributed by atoms with Crippen LogP contribution in [0.1, 0.15) is 84.6 Å². The van der Waals surface area contributed by atoms with Crippen molar-refractivity contribution in [2.45, 2.75) is 108 Å². The van der Waals surface area contributed by atoms with Crippen LogP contribution in [0.4, 0.5) is 0 Å². The molecule has 32 heavy (non-hydrogen) atoms. The van der Waals surface area contributed by atoms with Crippen molar-refractivity contribution in [3.05, 3.63) is 29.8 Å². The average molecular weight is 442 g/mol. The zero-order chi connectivity index (χ0) is 22.7. The van der Waals surface area contributed by atoms with Crippen LogP contribution in [0.15, 0.2) is 24.3 Å². The molecule has 2 N–H and O–H groups in total. The van der Waals surface area contributed by atoms with Crippen LogP contribution in [-0.2, 0) is 5.41 Å². The lowest BCUT2D eigenvalue weighted by atomic mass is 9.48. The molecule has 6 rings (SSSR count). The molecule has 4 nitrogen and oxygen atoms in total. The molecule has 4 aliphatic carbocycles. The highest BCUT2D eigenvalue weighted by atomic mass is 16.5. The van der Waals surface area contributed by atoms with Crippen LogP contribution in [-0.4, -0.2) is 51.6 Å². The zero-order valence-electron chi connectivity index (χ0n) is 20.5. The number of hydrogen-bond donors (Lipinski definition) is 2. The van der Waals surface area contributed by atoms with Crippen LogP contribution < -0.4 is 4.74 Å². The first kappa shape index (κ1) is 22.7. The normalized spacial score (nSPS) is 36.9.